The van der Waals surface area contributed by atoms with E-state index in [0.717, 1.165) is 21.9 Å². The molecule has 7 heteroatoms. The second-order valence-corrected chi connectivity index (χ2v) is 9.31. The molecule has 0 radical (unpaired) electrons. The highest BCUT2D eigenvalue weighted by Gasteiger charge is 2.34. The first kappa shape index (κ1) is 24.2. The van der Waals surface area contributed by atoms with Crippen LogP contribution in [0.3, 0.4) is 0 Å². The SMILES string of the molecule is Cc1cccc2c(O)cc3c(c12)C(CCl)CN3C(=O)C#Cc1cccc(NC(=O)c2ccc(N)cc2)c1. The quantitative estimate of drug-likeness (QED) is 0.195. The average Bonchev–Trinajstić information content (AvgIpc) is 3.26. The van der Waals surface area contributed by atoms with Crippen molar-refractivity contribution in [3.63, 3.8) is 0 Å². The lowest BCUT2D eigenvalue weighted by molar-refractivity contribution is -0.113. The van der Waals surface area contributed by atoms with Crippen LogP contribution in [0.25, 0.3) is 10.8 Å². The van der Waals surface area contributed by atoms with E-state index in [-0.39, 0.29) is 17.6 Å². The molecule has 0 bridgehead atoms. The molecule has 1 aliphatic heterocycles. The Morgan fingerprint density at radius 1 is 1.11 bits per heavy atom. The number of benzene rings is 4. The maximum atomic E-state index is 13.2. The molecule has 184 valence electrons. The fourth-order valence-electron chi connectivity index (χ4n) is 4.72. The number of carbonyl (C=O) groups excluding carboxylic acids is 2. The molecule has 5 rings (SSSR count). The van der Waals surface area contributed by atoms with Gasteiger partial charge in [-0.2, -0.15) is 0 Å². The van der Waals surface area contributed by atoms with Crippen LogP contribution in [0.2, 0.25) is 0 Å². The highest BCUT2D eigenvalue weighted by molar-refractivity contribution is 6.19. The van der Waals surface area contributed by atoms with Gasteiger partial charge in [-0.1, -0.05) is 30.2 Å². The van der Waals surface area contributed by atoms with E-state index in [0.29, 0.717) is 40.6 Å². The molecule has 4 aromatic rings. The van der Waals surface area contributed by atoms with Gasteiger partial charge in [0.1, 0.15) is 5.75 Å². The molecule has 0 saturated carbocycles. The summed E-state index contributed by atoms with van der Waals surface area (Å²) in [6.07, 6.45) is 0. The first-order valence-electron chi connectivity index (χ1n) is 11.8. The summed E-state index contributed by atoms with van der Waals surface area (Å²) < 4.78 is 0. The van der Waals surface area contributed by atoms with Crippen LogP contribution in [0.15, 0.2) is 72.8 Å². The summed E-state index contributed by atoms with van der Waals surface area (Å²) in [5.74, 6) is 5.34. The monoisotopic (exact) mass is 509 g/mol. The Kier molecular flexibility index (Phi) is 6.47. The number of phenolic OH excluding ortho intramolecular Hbond substituents is 1. The van der Waals surface area contributed by atoms with Crippen LogP contribution in [0, 0.1) is 18.8 Å². The molecule has 0 saturated heterocycles. The lowest BCUT2D eigenvalue weighted by Crippen LogP contribution is -2.28. The molecule has 4 N–H and O–H groups in total. The Balaban J connectivity index is 1.40. The van der Waals surface area contributed by atoms with Crippen LogP contribution in [0.5, 0.6) is 5.75 Å². The Morgan fingerprint density at radius 3 is 2.62 bits per heavy atom. The number of fused-ring (bicyclic) bond motifs is 3. The minimum Gasteiger partial charge on any atom is -0.507 e. The molecule has 6 nitrogen and oxygen atoms in total. The van der Waals surface area contributed by atoms with Crippen LogP contribution in [-0.4, -0.2) is 29.3 Å². The van der Waals surface area contributed by atoms with E-state index in [1.165, 1.54) is 0 Å². The number of aromatic hydroxyl groups is 1. The number of amides is 2. The molecule has 4 aromatic carbocycles. The van der Waals surface area contributed by atoms with Crippen molar-refractivity contribution in [2.75, 3.05) is 28.4 Å². The zero-order valence-corrected chi connectivity index (χ0v) is 20.8. The summed E-state index contributed by atoms with van der Waals surface area (Å²) in [7, 11) is 0. The summed E-state index contributed by atoms with van der Waals surface area (Å²) in [6.45, 7) is 2.37. The van der Waals surface area contributed by atoms with Crippen LogP contribution in [-0.2, 0) is 4.79 Å². The number of carbonyl (C=O) groups is 2. The van der Waals surface area contributed by atoms with Gasteiger partial charge in [0.2, 0.25) is 0 Å². The summed E-state index contributed by atoms with van der Waals surface area (Å²) in [4.78, 5) is 27.3. The first-order valence-corrected chi connectivity index (χ1v) is 12.3. The van der Waals surface area contributed by atoms with Gasteiger partial charge in [-0.05, 0) is 65.9 Å². The molecule has 0 fully saturated rings. The third kappa shape index (κ3) is 4.69. The number of anilines is 3. The molecule has 1 atom stereocenters. The van der Waals surface area contributed by atoms with Crippen molar-refractivity contribution in [1.82, 2.24) is 0 Å². The summed E-state index contributed by atoms with van der Waals surface area (Å²) in [6, 6.07) is 21.0. The third-order valence-electron chi connectivity index (χ3n) is 6.51. The number of alkyl halides is 1. The lowest BCUT2D eigenvalue weighted by Gasteiger charge is -2.16. The van der Waals surface area contributed by atoms with Crippen molar-refractivity contribution < 1.29 is 14.7 Å². The van der Waals surface area contributed by atoms with Crippen molar-refractivity contribution in [3.8, 4) is 17.6 Å². The standard InChI is InChI=1S/C30H24ClN3O3/c1-18-4-2-7-24-26(35)15-25-29(28(18)24)21(16-31)17-34(25)27(36)13-8-19-5-3-6-23(14-19)33-30(37)20-9-11-22(32)12-10-20/h2-7,9-12,14-15,21,35H,16-17,32H2,1H3,(H,33,37). The fraction of sp³-hybridized carbons (Fsp3) is 0.133. The number of rotatable bonds is 3. The van der Waals surface area contributed by atoms with Crippen LogP contribution >= 0.6 is 11.6 Å². The van der Waals surface area contributed by atoms with Crippen LogP contribution in [0.1, 0.15) is 33.0 Å². The molecule has 0 aliphatic carbocycles. The van der Waals surface area contributed by atoms with Gasteiger partial charge >= 0.3 is 5.91 Å². The summed E-state index contributed by atoms with van der Waals surface area (Å²) in [5, 5.41) is 15.2. The molecule has 1 heterocycles. The molecule has 2 amide bonds. The zero-order valence-electron chi connectivity index (χ0n) is 20.1. The predicted octanol–water partition coefficient (Wildman–Crippen LogP) is 5.41. The molecule has 37 heavy (non-hydrogen) atoms. The van der Waals surface area contributed by atoms with E-state index < -0.39 is 5.91 Å². The van der Waals surface area contributed by atoms with Crippen molar-refractivity contribution >= 4 is 51.2 Å². The number of nitrogens with one attached hydrogen (secondary N) is 1. The van der Waals surface area contributed by atoms with E-state index in [1.807, 2.05) is 25.1 Å². The number of aryl methyl sites for hydroxylation is 1. The normalized spacial score (nSPS) is 14.1. The van der Waals surface area contributed by atoms with Gasteiger partial charge in [0, 0.05) is 58.2 Å². The van der Waals surface area contributed by atoms with E-state index >= 15 is 0 Å². The Labute approximate surface area is 219 Å². The van der Waals surface area contributed by atoms with Gasteiger partial charge in [-0.3, -0.25) is 9.59 Å². The molecule has 0 aromatic heterocycles. The van der Waals surface area contributed by atoms with Gasteiger partial charge in [0.15, 0.2) is 0 Å². The number of hydrogen-bond acceptors (Lipinski definition) is 4. The van der Waals surface area contributed by atoms with Crippen molar-refractivity contribution in [3.05, 3.63) is 95.1 Å². The second kappa shape index (κ2) is 9.88. The van der Waals surface area contributed by atoms with Crippen molar-refractivity contribution in [2.24, 2.45) is 0 Å². The van der Waals surface area contributed by atoms with E-state index in [4.69, 9.17) is 17.3 Å². The number of phenols is 1. The van der Waals surface area contributed by atoms with Gasteiger partial charge in [-0.15, -0.1) is 11.6 Å². The maximum absolute atomic E-state index is 13.2. The molecule has 1 aliphatic rings. The summed E-state index contributed by atoms with van der Waals surface area (Å²) in [5.41, 5.74) is 10.5. The van der Waals surface area contributed by atoms with E-state index in [1.54, 1.807) is 59.5 Å². The molecular formula is C30H24ClN3O3. The summed E-state index contributed by atoms with van der Waals surface area (Å²) >= 11 is 6.30. The zero-order chi connectivity index (χ0) is 26.1. The van der Waals surface area contributed by atoms with Crippen molar-refractivity contribution in [2.45, 2.75) is 12.8 Å². The molecule has 0 spiro atoms. The second-order valence-electron chi connectivity index (χ2n) is 9.00. The fourth-order valence-corrected chi connectivity index (χ4v) is 4.97. The van der Waals surface area contributed by atoms with Crippen LogP contribution in [0.4, 0.5) is 17.1 Å². The maximum Gasteiger partial charge on any atom is 0.303 e. The third-order valence-corrected chi connectivity index (χ3v) is 6.88. The number of nitrogen functional groups attached to an aromatic ring is 1. The van der Waals surface area contributed by atoms with Gasteiger partial charge < -0.3 is 21.1 Å². The minimum absolute atomic E-state index is 0.0708. The molecular weight excluding hydrogens is 486 g/mol. The highest BCUT2D eigenvalue weighted by Crippen LogP contribution is 2.46. The number of nitrogens with zero attached hydrogens (tertiary/aromatic N) is 1. The van der Waals surface area contributed by atoms with Gasteiger partial charge in [0.05, 0.1) is 5.69 Å². The Hall–Kier alpha value is -4.47. The first-order chi connectivity index (χ1) is 17.9. The van der Waals surface area contributed by atoms with E-state index in [9.17, 15) is 14.7 Å². The Bertz CT molecular complexity index is 1600. The number of hydrogen-bond donors (Lipinski definition) is 3. The Morgan fingerprint density at radius 2 is 1.86 bits per heavy atom. The van der Waals surface area contributed by atoms with E-state index in [2.05, 4.69) is 17.2 Å². The van der Waals surface area contributed by atoms with Gasteiger partial charge in [-0.25, -0.2) is 0 Å². The predicted molar refractivity (Wildman–Crippen MR) is 148 cm³/mol. The van der Waals surface area contributed by atoms with Crippen molar-refractivity contribution in [1.29, 1.82) is 0 Å². The lowest BCUT2D eigenvalue weighted by atomic mass is 9.92. The van der Waals surface area contributed by atoms with Gasteiger partial charge in [0.25, 0.3) is 5.91 Å². The average molecular weight is 510 g/mol. The number of halogens is 1. The minimum atomic E-state index is -0.391. The molecule has 1 unspecified atom stereocenters. The van der Waals surface area contributed by atoms with Crippen LogP contribution < -0.4 is 16.0 Å². The smallest absolute Gasteiger partial charge is 0.303 e. The largest absolute Gasteiger partial charge is 0.507 e. The topological polar surface area (TPSA) is 95.7 Å². The number of nitrogens with two attached hydrogens (primary N) is 1. The highest BCUT2D eigenvalue weighted by atomic mass is 35.5.